The highest BCUT2D eigenvalue weighted by molar-refractivity contribution is 4.93. The minimum absolute atomic E-state index is 0.258. The van der Waals surface area contributed by atoms with Crippen LogP contribution in [0.15, 0.2) is 0 Å². The molecule has 0 aromatic carbocycles. The first-order valence-electron chi connectivity index (χ1n) is 5.96. The van der Waals surface area contributed by atoms with E-state index in [1.807, 2.05) is 0 Å². The van der Waals surface area contributed by atoms with Gasteiger partial charge in [0.1, 0.15) is 0 Å². The van der Waals surface area contributed by atoms with E-state index in [4.69, 9.17) is 15.2 Å². The van der Waals surface area contributed by atoms with Crippen molar-refractivity contribution in [3.8, 4) is 0 Å². The Hall–Kier alpha value is -0.160. The Labute approximate surface area is 99.1 Å². The summed E-state index contributed by atoms with van der Waals surface area (Å²) in [5.74, 6) is 1.67. The lowest BCUT2D eigenvalue weighted by Crippen LogP contribution is -2.59. The SMILES string of the molecule is COC(OC)C(C)(CN)N(C)CC1CC1C. The topological polar surface area (TPSA) is 47.7 Å². The van der Waals surface area contributed by atoms with Crippen LogP contribution in [0.3, 0.4) is 0 Å². The fraction of sp³-hybridized carbons (Fsp3) is 1.00. The zero-order valence-corrected chi connectivity index (χ0v) is 11.2. The molecule has 1 fully saturated rings. The standard InChI is InChI=1S/C12H26N2O2/c1-9-6-10(9)7-14(3)12(2,8-13)11(15-4)16-5/h9-11H,6-8,13H2,1-5H3. The molecule has 0 spiro atoms. The smallest absolute Gasteiger partial charge is 0.176 e. The molecular formula is C12H26N2O2. The summed E-state index contributed by atoms with van der Waals surface area (Å²) in [4.78, 5) is 2.28. The Kier molecular flexibility index (Phi) is 4.73. The third kappa shape index (κ3) is 2.74. The van der Waals surface area contributed by atoms with Crippen molar-refractivity contribution in [2.75, 3.05) is 34.4 Å². The maximum atomic E-state index is 5.89. The molecule has 1 aliphatic rings. The van der Waals surface area contributed by atoms with E-state index in [1.54, 1.807) is 14.2 Å². The number of likely N-dealkylation sites (N-methyl/N-ethyl adjacent to an activating group) is 1. The molecule has 3 atom stereocenters. The van der Waals surface area contributed by atoms with E-state index in [1.165, 1.54) is 6.42 Å². The quantitative estimate of drug-likeness (QED) is 0.660. The summed E-state index contributed by atoms with van der Waals surface area (Å²) in [6.45, 7) is 5.98. The van der Waals surface area contributed by atoms with Crippen LogP contribution in [-0.2, 0) is 9.47 Å². The average molecular weight is 230 g/mol. The second kappa shape index (κ2) is 5.45. The van der Waals surface area contributed by atoms with E-state index in [-0.39, 0.29) is 11.8 Å². The predicted octanol–water partition coefficient (Wildman–Crippen LogP) is 0.911. The van der Waals surface area contributed by atoms with Crippen LogP contribution in [-0.4, -0.2) is 51.1 Å². The summed E-state index contributed by atoms with van der Waals surface area (Å²) >= 11 is 0. The van der Waals surface area contributed by atoms with Gasteiger partial charge in [-0.15, -0.1) is 0 Å². The number of hydrogen-bond acceptors (Lipinski definition) is 4. The van der Waals surface area contributed by atoms with Gasteiger partial charge < -0.3 is 15.2 Å². The molecule has 2 N–H and O–H groups in total. The van der Waals surface area contributed by atoms with Crippen molar-refractivity contribution in [3.63, 3.8) is 0 Å². The molecule has 0 aromatic rings. The summed E-state index contributed by atoms with van der Waals surface area (Å²) in [7, 11) is 5.42. The van der Waals surface area contributed by atoms with Gasteiger partial charge in [0.15, 0.2) is 6.29 Å². The fourth-order valence-electron chi connectivity index (χ4n) is 2.25. The first-order chi connectivity index (χ1) is 7.49. The van der Waals surface area contributed by atoms with Gasteiger partial charge in [-0.1, -0.05) is 6.92 Å². The molecule has 0 bridgehead atoms. The molecule has 0 saturated heterocycles. The first-order valence-corrected chi connectivity index (χ1v) is 5.96. The van der Waals surface area contributed by atoms with E-state index in [2.05, 4.69) is 25.8 Å². The molecular weight excluding hydrogens is 204 g/mol. The van der Waals surface area contributed by atoms with Gasteiger partial charge in [0.25, 0.3) is 0 Å². The summed E-state index contributed by atoms with van der Waals surface area (Å²) in [6.07, 6.45) is 1.05. The molecule has 3 unspecified atom stereocenters. The summed E-state index contributed by atoms with van der Waals surface area (Å²) in [6, 6.07) is 0. The Morgan fingerprint density at radius 1 is 1.44 bits per heavy atom. The van der Waals surface area contributed by atoms with E-state index < -0.39 is 0 Å². The largest absolute Gasteiger partial charge is 0.354 e. The third-order valence-electron chi connectivity index (χ3n) is 4.01. The zero-order valence-electron chi connectivity index (χ0n) is 11.2. The molecule has 16 heavy (non-hydrogen) atoms. The Morgan fingerprint density at radius 3 is 2.25 bits per heavy atom. The highest BCUT2D eigenvalue weighted by Crippen LogP contribution is 2.39. The first kappa shape index (κ1) is 13.9. The fourth-order valence-corrected chi connectivity index (χ4v) is 2.25. The molecule has 0 aliphatic heterocycles. The van der Waals surface area contributed by atoms with Gasteiger partial charge in [-0.25, -0.2) is 0 Å². The van der Waals surface area contributed by atoms with Gasteiger partial charge in [0.2, 0.25) is 0 Å². The van der Waals surface area contributed by atoms with Crippen molar-refractivity contribution in [1.82, 2.24) is 4.90 Å². The molecule has 4 nitrogen and oxygen atoms in total. The molecule has 0 amide bonds. The monoisotopic (exact) mass is 230 g/mol. The maximum Gasteiger partial charge on any atom is 0.176 e. The summed E-state index contributed by atoms with van der Waals surface area (Å²) in [5, 5.41) is 0. The molecule has 1 rings (SSSR count). The number of nitrogens with two attached hydrogens (primary N) is 1. The lowest BCUT2D eigenvalue weighted by atomic mass is 9.99. The van der Waals surface area contributed by atoms with Crippen molar-refractivity contribution in [2.45, 2.75) is 32.1 Å². The second-order valence-electron chi connectivity index (χ2n) is 5.22. The predicted molar refractivity (Wildman–Crippen MR) is 65.2 cm³/mol. The van der Waals surface area contributed by atoms with Crippen molar-refractivity contribution >= 4 is 0 Å². The minimum Gasteiger partial charge on any atom is -0.354 e. The van der Waals surface area contributed by atoms with Gasteiger partial charge in [0, 0.05) is 27.3 Å². The van der Waals surface area contributed by atoms with E-state index in [0.29, 0.717) is 6.54 Å². The zero-order chi connectivity index (χ0) is 12.3. The Bertz CT molecular complexity index is 221. The number of methoxy groups -OCH3 is 2. The molecule has 0 heterocycles. The summed E-state index contributed by atoms with van der Waals surface area (Å²) in [5.41, 5.74) is 5.63. The van der Waals surface area contributed by atoms with Crippen molar-refractivity contribution in [1.29, 1.82) is 0 Å². The Morgan fingerprint density at radius 2 is 1.94 bits per heavy atom. The van der Waals surface area contributed by atoms with E-state index in [9.17, 15) is 0 Å². The van der Waals surface area contributed by atoms with Crippen molar-refractivity contribution < 1.29 is 9.47 Å². The van der Waals surface area contributed by atoms with Gasteiger partial charge in [-0.05, 0) is 32.2 Å². The van der Waals surface area contributed by atoms with Crippen LogP contribution in [0.1, 0.15) is 20.3 Å². The molecule has 0 aromatic heterocycles. The van der Waals surface area contributed by atoms with Crippen LogP contribution >= 0.6 is 0 Å². The maximum absolute atomic E-state index is 5.89. The number of ether oxygens (including phenoxy) is 2. The molecule has 4 heteroatoms. The molecule has 96 valence electrons. The minimum atomic E-state index is -0.281. The van der Waals surface area contributed by atoms with Crippen molar-refractivity contribution in [2.24, 2.45) is 17.6 Å². The van der Waals surface area contributed by atoms with Crippen LogP contribution in [0, 0.1) is 11.8 Å². The van der Waals surface area contributed by atoms with Crippen LogP contribution in [0.4, 0.5) is 0 Å². The van der Waals surface area contributed by atoms with Crippen LogP contribution in [0.25, 0.3) is 0 Å². The normalized spacial score (nSPS) is 28.5. The molecule has 1 aliphatic carbocycles. The number of rotatable bonds is 7. The number of nitrogens with zero attached hydrogens (tertiary/aromatic N) is 1. The van der Waals surface area contributed by atoms with E-state index >= 15 is 0 Å². The lowest BCUT2D eigenvalue weighted by molar-refractivity contribution is -0.177. The van der Waals surface area contributed by atoms with Gasteiger partial charge >= 0.3 is 0 Å². The summed E-state index contributed by atoms with van der Waals surface area (Å²) < 4.78 is 10.7. The Balaban J connectivity index is 2.61. The van der Waals surface area contributed by atoms with Crippen molar-refractivity contribution in [3.05, 3.63) is 0 Å². The highest BCUT2D eigenvalue weighted by atomic mass is 16.7. The van der Waals surface area contributed by atoms with Crippen LogP contribution in [0.2, 0.25) is 0 Å². The second-order valence-corrected chi connectivity index (χ2v) is 5.22. The van der Waals surface area contributed by atoms with Crippen LogP contribution < -0.4 is 5.73 Å². The highest BCUT2D eigenvalue weighted by Gasteiger charge is 2.42. The molecule has 0 radical (unpaired) electrons. The van der Waals surface area contributed by atoms with E-state index in [0.717, 1.165) is 18.4 Å². The van der Waals surface area contributed by atoms with Crippen LogP contribution in [0.5, 0.6) is 0 Å². The lowest BCUT2D eigenvalue weighted by Gasteiger charge is -2.42. The third-order valence-corrected chi connectivity index (χ3v) is 4.01. The van der Waals surface area contributed by atoms with Gasteiger partial charge in [-0.3, -0.25) is 4.90 Å². The average Bonchev–Trinajstić information content (AvgIpc) is 2.95. The number of hydrogen-bond donors (Lipinski definition) is 1. The van der Waals surface area contributed by atoms with Gasteiger partial charge in [-0.2, -0.15) is 0 Å². The van der Waals surface area contributed by atoms with Gasteiger partial charge in [0.05, 0.1) is 5.54 Å². The molecule has 1 saturated carbocycles.